The maximum absolute atomic E-state index is 13.9. The number of carbonyl (C=O) groups excluding carboxylic acids is 1. The number of amides is 1. The standard InChI is InChI=1S/C15H23FN2O2/c1-14(2,3)20-13(19)18-10-7-8-12(16)11(9-10)15(4,5)17-6/h7-9,17H,1-6H3,(H,18,19). The van der Waals surface area contributed by atoms with Gasteiger partial charge in [0.15, 0.2) is 0 Å². The first-order chi connectivity index (χ1) is 9.05. The second-order valence-corrected chi connectivity index (χ2v) is 6.20. The van der Waals surface area contributed by atoms with Crippen LogP contribution in [0.25, 0.3) is 0 Å². The lowest BCUT2D eigenvalue weighted by atomic mass is 9.93. The average molecular weight is 282 g/mol. The molecule has 1 aromatic carbocycles. The normalized spacial score (nSPS) is 12.2. The first-order valence-corrected chi connectivity index (χ1v) is 6.54. The van der Waals surface area contributed by atoms with Crippen LogP contribution in [-0.2, 0) is 10.3 Å². The van der Waals surface area contributed by atoms with E-state index in [9.17, 15) is 9.18 Å². The third kappa shape index (κ3) is 4.49. The Morgan fingerprint density at radius 1 is 1.20 bits per heavy atom. The number of ether oxygens (including phenoxy) is 1. The summed E-state index contributed by atoms with van der Waals surface area (Å²) in [5.74, 6) is -0.320. The molecule has 0 aromatic heterocycles. The van der Waals surface area contributed by atoms with E-state index in [2.05, 4.69) is 10.6 Å². The van der Waals surface area contributed by atoms with Crippen LogP contribution in [0.4, 0.5) is 14.9 Å². The van der Waals surface area contributed by atoms with E-state index in [0.29, 0.717) is 11.3 Å². The van der Waals surface area contributed by atoms with E-state index >= 15 is 0 Å². The van der Waals surface area contributed by atoms with E-state index in [1.807, 2.05) is 13.8 Å². The topological polar surface area (TPSA) is 50.4 Å². The lowest BCUT2D eigenvalue weighted by Crippen LogP contribution is -2.34. The maximum Gasteiger partial charge on any atom is 0.412 e. The molecular formula is C15H23FN2O2. The number of carbonyl (C=O) groups is 1. The van der Waals surface area contributed by atoms with Crippen LogP contribution in [0.2, 0.25) is 0 Å². The fourth-order valence-corrected chi connectivity index (χ4v) is 1.64. The number of hydrogen-bond acceptors (Lipinski definition) is 3. The molecule has 0 atom stereocenters. The molecule has 0 aliphatic carbocycles. The molecule has 2 N–H and O–H groups in total. The van der Waals surface area contributed by atoms with E-state index in [1.165, 1.54) is 12.1 Å². The van der Waals surface area contributed by atoms with Crippen molar-refractivity contribution in [3.63, 3.8) is 0 Å². The molecule has 0 spiro atoms. The number of anilines is 1. The molecule has 4 nitrogen and oxygen atoms in total. The van der Waals surface area contributed by atoms with Gasteiger partial charge >= 0.3 is 6.09 Å². The largest absolute Gasteiger partial charge is 0.444 e. The minimum Gasteiger partial charge on any atom is -0.444 e. The van der Waals surface area contributed by atoms with E-state index in [4.69, 9.17) is 4.74 Å². The van der Waals surface area contributed by atoms with Crippen molar-refractivity contribution in [2.75, 3.05) is 12.4 Å². The van der Waals surface area contributed by atoms with Crippen LogP contribution in [0, 0.1) is 5.82 Å². The highest BCUT2D eigenvalue weighted by Crippen LogP contribution is 2.26. The molecule has 112 valence electrons. The number of halogens is 1. The Balaban J connectivity index is 2.94. The maximum atomic E-state index is 13.9. The molecule has 5 heteroatoms. The first-order valence-electron chi connectivity index (χ1n) is 6.54. The lowest BCUT2D eigenvalue weighted by molar-refractivity contribution is 0.0636. The molecule has 0 saturated carbocycles. The van der Waals surface area contributed by atoms with Crippen molar-refractivity contribution < 1.29 is 13.9 Å². The average Bonchev–Trinajstić information content (AvgIpc) is 2.29. The van der Waals surface area contributed by atoms with Gasteiger partial charge in [0.25, 0.3) is 0 Å². The highest BCUT2D eigenvalue weighted by atomic mass is 19.1. The van der Waals surface area contributed by atoms with Crippen LogP contribution in [0.1, 0.15) is 40.2 Å². The summed E-state index contributed by atoms with van der Waals surface area (Å²) in [6.07, 6.45) is -0.558. The summed E-state index contributed by atoms with van der Waals surface area (Å²) in [6.45, 7) is 9.08. The Hall–Kier alpha value is -1.62. The van der Waals surface area contributed by atoms with Crippen molar-refractivity contribution in [2.45, 2.75) is 45.8 Å². The molecular weight excluding hydrogens is 259 g/mol. The van der Waals surface area contributed by atoms with Gasteiger partial charge < -0.3 is 10.1 Å². The Bertz CT molecular complexity index is 493. The van der Waals surface area contributed by atoms with Crippen LogP contribution in [0.5, 0.6) is 0 Å². The lowest BCUT2D eigenvalue weighted by Gasteiger charge is -2.26. The third-order valence-corrected chi connectivity index (χ3v) is 2.91. The van der Waals surface area contributed by atoms with E-state index < -0.39 is 17.2 Å². The molecule has 1 aromatic rings. The summed E-state index contributed by atoms with van der Waals surface area (Å²) in [5, 5.41) is 5.64. The van der Waals surface area contributed by atoms with Gasteiger partial charge in [-0.3, -0.25) is 5.32 Å². The van der Waals surface area contributed by atoms with Crippen molar-refractivity contribution in [3.05, 3.63) is 29.6 Å². The summed E-state index contributed by atoms with van der Waals surface area (Å²) in [7, 11) is 1.76. The Morgan fingerprint density at radius 2 is 1.80 bits per heavy atom. The molecule has 0 aliphatic rings. The number of hydrogen-bond donors (Lipinski definition) is 2. The van der Waals surface area contributed by atoms with Crippen molar-refractivity contribution in [1.29, 1.82) is 0 Å². The Kier molecular flexibility index (Phi) is 4.76. The Labute approximate surface area is 119 Å². The van der Waals surface area contributed by atoms with Crippen molar-refractivity contribution in [1.82, 2.24) is 5.32 Å². The summed E-state index contributed by atoms with van der Waals surface area (Å²) >= 11 is 0. The van der Waals surface area contributed by atoms with Gasteiger partial charge in [0.05, 0.1) is 0 Å². The van der Waals surface area contributed by atoms with Gasteiger partial charge in [0.2, 0.25) is 0 Å². The predicted octanol–water partition coefficient (Wildman–Crippen LogP) is 3.63. The van der Waals surface area contributed by atoms with Crippen LogP contribution in [0.3, 0.4) is 0 Å². The molecule has 0 heterocycles. The first kappa shape index (κ1) is 16.4. The van der Waals surface area contributed by atoms with E-state index in [-0.39, 0.29) is 5.82 Å². The fraction of sp³-hybridized carbons (Fsp3) is 0.533. The summed E-state index contributed by atoms with van der Waals surface area (Å²) in [4.78, 5) is 11.7. The zero-order valence-electron chi connectivity index (χ0n) is 12.9. The van der Waals surface area contributed by atoms with Gasteiger partial charge in [-0.05, 0) is 59.9 Å². The molecule has 0 radical (unpaired) electrons. The SMILES string of the molecule is CNC(C)(C)c1cc(NC(=O)OC(C)(C)C)ccc1F. The zero-order valence-corrected chi connectivity index (χ0v) is 12.9. The van der Waals surface area contributed by atoms with Crippen LogP contribution < -0.4 is 10.6 Å². The number of rotatable bonds is 3. The number of nitrogens with one attached hydrogen (secondary N) is 2. The number of benzene rings is 1. The van der Waals surface area contributed by atoms with Gasteiger partial charge in [-0.25, -0.2) is 9.18 Å². The van der Waals surface area contributed by atoms with Gasteiger partial charge in [-0.2, -0.15) is 0 Å². The van der Waals surface area contributed by atoms with E-state index in [1.54, 1.807) is 33.9 Å². The smallest absolute Gasteiger partial charge is 0.412 e. The molecule has 0 aliphatic heterocycles. The summed E-state index contributed by atoms with van der Waals surface area (Å²) in [6, 6.07) is 4.45. The molecule has 1 amide bonds. The molecule has 0 fully saturated rings. The predicted molar refractivity (Wildman–Crippen MR) is 78.3 cm³/mol. The molecule has 0 saturated heterocycles. The molecule has 0 bridgehead atoms. The fourth-order valence-electron chi connectivity index (χ4n) is 1.64. The zero-order chi connectivity index (χ0) is 15.6. The second kappa shape index (κ2) is 5.79. The highest BCUT2D eigenvalue weighted by Gasteiger charge is 2.23. The van der Waals surface area contributed by atoms with Crippen LogP contribution >= 0.6 is 0 Å². The summed E-state index contributed by atoms with van der Waals surface area (Å²) in [5.41, 5.74) is -0.125. The molecule has 20 heavy (non-hydrogen) atoms. The second-order valence-electron chi connectivity index (χ2n) is 6.20. The minimum atomic E-state index is -0.572. The quantitative estimate of drug-likeness (QED) is 0.890. The van der Waals surface area contributed by atoms with Crippen LogP contribution in [0.15, 0.2) is 18.2 Å². The van der Waals surface area contributed by atoms with Gasteiger partial charge in [0.1, 0.15) is 11.4 Å². The van der Waals surface area contributed by atoms with E-state index in [0.717, 1.165) is 0 Å². The molecule has 1 rings (SSSR count). The summed E-state index contributed by atoms with van der Waals surface area (Å²) < 4.78 is 19.0. The monoisotopic (exact) mass is 282 g/mol. The van der Waals surface area contributed by atoms with Gasteiger partial charge in [0, 0.05) is 16.8 Å². The van der Waals surface area contributed by atoms with Crippen molar-refractivity contribution >= 4 is 11.8 Å². The molecule has 0 unspecified atom stereocenters. The van der Waals surface area contributed by atoms with Crippen LogP contribution in [-0.4, -0.2) is 18.7 Å². The minimum absolute atomic E-state index is 0.320. The highest BCUT2D eigenvalue weighted by molar-refractivity contribution is 5.85. The third-order valence-electron chi connectivity index (χ3n) is 2.91. The van der Waals surface area contributed by atoms with Gasteiger partial charge in [-0.1, -0.05) is 0 Å². The van der Waals surface area contributed by atoms with Crippen molar-refractivity contribution in [3.8, 4) is 0 Å². The van der Waals surface area contributed by atoms with Gasteiger partial charge in [-0.15, -0.1) is 0 Å². The van der Waals surface area contributed by atoms with Crippen molar-refractivity contribution in [2.24, 2.45) is 0 Å². The Morgan fingerprint density at radius 3 is 2.30 bits per heavy atom.